The van der Waals surface area contributed by atoms with Crippen LogP contribution in [-0.4, -0.2) is 24.9 Å². The fourth-order valence-electron chi connectivity index (χ4n) is 4.67. The van der Waals surface area contributed by atoms with Crippen molar-refractivity contribution in [2.45, 2.75) is 40.0 Å². The number of hydrazone groups is 1. The van der Waals surface area contributed by atoms with Crippen molar-refractivity contribution in [3.05, 3.63) is 23.6 Å². The minimum Gasteiger partial charge on any atom is -0.493 e. The van der Waals surface area contributed by atoms with Gasteiger partial charge in [0, 0.05) is 22.1 Å². The van der Waals surface area contributed by atoms with Crippen LogP contribution in [0.1, 0.15) is 40.0 Å². The third-order valence-corrected chi connectivity index (χ3v) is 7.73. The number of aromatic nitrogens is 1. The third-order valence-electron chi connectivity index (χ3n) is 6.98. The van der Waals surface area contributed by atoms with Gasteiger partial charge in [0.15, 0.2) is 11.5 Å². The predicted octanol–water partition coefficient (Wildman–Crippen LogP) is 5.44. The summed E-state index contributed by atoms with van der Waals surface area (Å²) >= 11 is 1.57. The molecule has 4 rings (SSSR count). The Morgan fingerprint density at radius 2 is 1.96 bits per heavy atom. The zero-order chi connectivity index (χ0) is 19.2. The second-order valence-electron chi connectivity index (χ2n) is 8.27. The molecule has 2 aromatic rings. The molecule has 0 spiro atoms. The van der Waals surface area contributed by atoms with Crippen molar-refractivity contribution in [3.63, 3.8) is 0 Å². The van der Waals surface area contributed by atoms with Gasteiger partial charge in [-0.2, -0.15) is 5.10 Å². The first-order valence-electron chi connectivity index (χ1n) is 9.40. The first kappa shape index (κ1) is 18.3. The summed E-state index contributed by atoms with van der Waals surface area (Å²) in [6.45, 7) is 7.16. The van der Waals surface area contributed by atoms with Gasteiger partial charge in [-0.3, -0.25) is 5.43 Å². The number of nitrogens with one attached hydrogen (secondary N) is 1. The Kier molecular flexibility index (Phi) is 4.41. The van der Waals surface area contributed by atoms with Crippen molar-refractivity contribution in [2.75, 3.05) is 19.6 Å². The Morgan fingerprint density at radius 3 is 2.59 bits per heavy atom. The summed E-state index contributed by atoms with van der Waals surface area (Å²) < 4.78 is 10.7. The Labute approximate surface area is 164 Å². The number of benzene rings is 1. The highest BCUT2D eigenvalue weighted by atomic mass is 32.1. The standard InChI is InChI=1S/C21H27N3O2S/c1-20(2)14-8-9-21(20,3)18(11-14)23-24-19-22-15(12-27-19)13-6-7-16(25-4)17(10-13)26-5/h6-7,10,12,14H,8-9,11H2,1-5H3,(H,22,24)/b23-18-/t14-,21+/m1/s1. The van der Waals surface area contributed by atoms with Gasteiger partial charge in [-0.15, -0.1) is 11.3 Å². The van der Waals surface area contributed by atoms with E-state index in [9.17, 15) is 0 Å². The number of thiazole rings is 1. The van der Waals surface area contributed by atoms with E-state index in [4.69, 9.17) is 19.6 Å². The van der Waals surface area contributed by atoms with E-state index in [0.717, 1.165) is 28.7 Å². The number of ether oxygens (including phenoxy) is 2. The first-order valence-corrected chi connectivity index (χ1v) is 10.3. The lowest BCUT2D eigenvalue weighted by Gasteiger charge is -2.34. The lowest BCUT2D eigenvalue weighted by Crippen LogP contribution is -2.32. The molecule has 1 N–H and O–H groups in total. The van der Waals surface area contributed by atoms with Crippen LogP contribution in [0.4, 0.5) is 5.13 Å². The number of fused-ring (bicyclic) bond motifs is 2. The fourth-order valence-corrected chi connectivity index (χ4v) is 5.33. The summed E-state index contributed by atoms with van der Waals surface area (Å²) in [7, 11) is 3.28. The smallest absolute Gasteiger partial charge is 0.203 e. The first-order chi connectivity index (χ1) is 12.9. The third kappa shape index (κ3) is 2.81. The van der Waals surface area contributed by atoms with Crippen molar-refractivity contribution in [3.8, 4) is 22.8 Å². The summed E-state index contributed by atoms with van der Waals surface area (Å²) in [6, 6.07) is 5.84. The Bertz CT molecular complexity index is 889. The van der Waals surface area contributed by atoms with Crippen molar-refractivity contribution in [2.24, 2.45) is 21.8 Å². The molecule has 5 nitrogen and oxygen atoms in total. The maximum atomic E-state index is 5.39. The van der Waals surface area contributed by atoms with E-state index in [0.29, 0.717) is 16.9 Å². The average Bonchev–Trinajstić information content (AvgIpc) is 3.28. The van der Waals surface area contributed by atoms with Crippen LogP contribution in [0, 0.1) is 16.7 Å². The second-order valence-corrected chi connectivity index (χ2v) is 9.13. The minimum atomic E-state index is 0.202. The molecule has 1 aromatic heterocycles. The minimum absolute atomic E-state index is 0.202. The molecule has 144 valence electrons. The molecule has 2 bridgehead atoms. The number of anilines is 1. The van der Waals surface area contributed by atoms with E-state index >= 15 is 0 Å². The van der Waals surface area contributed by atoms with Gasteiger partial charge in [0.2, 0.25) is 5.13 Å². The molecule has 2 aliphatic rings. The summed E-state index contributed by atoms with van der Waals surface area (Å²) in [5.41, 5.74) is 6.95. The second kappa shape index (κ2) is 6.51. The summed E-state index contributed by atoms with van der Waals surface area (Å²) in [6.07, 6.45) is 3.66. The van der Waals surface area contributed by atoms with Crippen LogP contribution >= 0.6 is 11.3 Å². The molecule has 1 heterocycles. The molecule has 2 aliphatic carbocycles. The van der Waals surface area contributed by atoms with E-state index in [2.05, 4.69) is 26.2 Å². The normalized spacial score (nSPS) is 27.1. The molecular formula is C21H27N3O2S. The van der Waals surface area contributed by atoms with Gasteiger partial charge in [0.05, 0.1) is 19.9 Å². The maximum absolute atomic E-state index is 5.39. The van der Waals surface area contributed by atoms with Gasteiger partial charge < -0.3 is 9.47 Å². The van der Waals surface area contributed by atoms with Crippen LogP contribution in [-0.2, 0) is 0 Å². The van der Waals surface area contributed by atoms with Crippen molar-refractivity contribution >= 4 is 22.2 Å². The van der Waals surface area contributed by atoms with Gasteiger partial charge in [0.1, 0.15) is 0 Å². The zero-order valence-corrected chi connectivity index (χ0v) is 17.4. The van der Waals surface area contributed by atoms with Gasteiger partial charge in [-0.1, -0.05) is 20.8 Å². The molecular weight excluding hydrogens is 358 g/mol. The molecule has 27 heavy (non-hydrogen) atoms. The van der Waals surface area contributed by atoms with E-state index in [-0.39, 0.29) is 5.41 Å². The lowest BCUT2D eigenvalue weighted by molar-refractivity contribution is 0.194. The van der Waals surface area contributed by atoms with E-state index < -0.39 is 0 Å². The van der Waals surface area contributed by atoms with Gasteiger partial charge in [-0.05, 0) is 48.8 Å². The highest BCUT2D eigenvalue weighted by Crippen LogP contribution is 2.63. The lowest BCUT2D eigenvalue weighted by atomic mass is 9.70. The number of nitrogens with zero attached hydrogens (tertiary/aromatic N) is 2. The number of hydrogen-bond acceptors (Lipinski definition) is 6. The van der Waals surface area contributed by atoms with Gasteiger partial charge in [0.25, 0.3) is 0 Å². The molecule has 0 saturated heterocycles. The zero-order valence-electron chi connectivity index (χ0n) is 16.6. The van der Waals surface area contributed by atoms with E-state index in [1.807, 2.05) is 23.6 Å². The molecule has 1 aromatic carbocycles. The summed E-state index contributed by atoms with van der Waals surface area (Å²) in [5.74, 6) is 2.17. The SMILES string of the molecule is COc1ccc(-c2csc(N/N=C3/C[C@H]4CC[C@]3(C)C4(C)C)n2)cc1OC. The topological polar surface area (TPSA) is 55.7 Å². The van der Waals surface area contributed by atoms with Gasteiger partial charge in [-0.25, -0.2) is 4.98 Å². The highest BCUT2D eigenvalue weighted by molar-refractivity contribution is 7.14. The van der Waals surface area contributed by atoms with E-state index in [1.165, 1.54) is 18.6 Å². The van der Waals surface area contributed by atoms with Crippen molar-refractivity contribution in [1.82, 2.24) is 4.98 Å². The number of hydrogen-bond donors (Lipinski definition) is 1. The van der Waals surface area contributed by atoms with Crippen molar-refractivity contribution in [1.29, 1.82) is 0 Å². The molecule has 2 atom stereocenters. The average molecular weight is 386 g/mol. The monoisotopic (exact) mass is 385 g/mol. The quantitative estimate of drug-likeness (QED) is 0.696. The summed E-state index contributed by atoms with van der Waals surface area (Å²) in [5, 5.41) is 7.64. The number of methoxy groups -OCH3 is 2. The molecule has 2 saturated carbocycles. The molecule has 2 fully saturated rings. The maximum Gasteiger partial charge on any atom is 0.203 e. The fraction of sp³-hybridized carbons (Fsp3) is 0.524. The number of rotatable bonds is 5. The highest BCUT2D eigenvalue weighted by Gasteiger charge is 2.59. The van der Waals surface area contributed by atoms with Crippen molar-refractivity contribution < 1.29 is 9.47 Å². The Morgan fingerprint density at radius 1 is 1.19 bits per heavy atom. The van der Waals surface area contributed by atoms with E-state index in [1.54, 1.807) is 25.6 Å². The predicted molar refractivity (Wildman–Crippen MR) is 111 cm³/mol. The molecule has 0 amide bonds. The largest absolute Gasteiger partial charge is 0.493 e. The molecule has 0 unspecified atom stereocenters. The van der Waals surface area contributed by atoms with Crippen LogP contribution in [0.5, 0.6) is 11.5 Å². The van der Waals surface area contributed by atoms with Crippen LogP contribution in [0.15, 0.2) is 28.7 Å². The van der Waals surface area contributed by atoms with Gasteiger partial charge >= 0.3 is 0 Å². The van der Waals surface area contributed by atoms with Crippen LogP contribution in [0.25, 0.3) is 11.3 Å². The molecule has 6 heteroatoms. The summed E-state index contributed by atoms with van der Waals surface area (Å²) in [4.78, 5) is 4.70. The Balaban J connectivity index is 1.53. The molecule has 0 aliphatic heterocycles. The Hall–Kier alpha value is -2.08. The van der Waals surface area contributed by atoms with Crippen LogP contribution in [0.3, 0.4) is 0 Å². The van der Waals surface area contributed by atoms with Crippen LogP contribution in [0.2, 0.25) is 0 Å². The molecule has 0 radical (unpaired) electrons. The van der Waals surface area contributed by atoms with Crippen LogP contribution < -0.4 is 14.9 Å².